The number of anilines is 1. The fourth-order valence-corrected chi connectivity index (χ4v) is 1.83. The molecule has 100 valence electrons. The Morgan fingerprint density at radius 2 is 1.89 bits per heavy atom. The van der Waals surface area contributed by atoms with E-state index < -0.39 is 5.91 Å². The molecule has 0 radical (unpaired) electrons. The molecule has 0 aliphatic rings. The van der Waals surface area contributed by atoms with E-state index in [2.05, 4.69) is 10.6 Å². The highest BCUT2D eigenvalue weighted by atomic mass is 35.5. The number of hydrogen-bond donors (Lipinski definition) is 2. The molecule has 0 saturated carbocycles. The molecule has 0 bridgehead atoms. The first-order valence-electron chi connectivity index (χ1n) is 5.14. The van der Waals surface area contributed by atoms with Gasteiger partial charge in [-0.25, -0.2) is 0 Å². The van der Waals surface area contributed by atoms with Crippen molar-refractivity contribution < 1.29 is 9.59 Å². The van der Waals surface area contributed by atoms with Gasteiger partial charge in [-0.05, 0) is 37.4 Å². The summed E-state index contributed by atoms with van der Waals surface area (Å²) < 4.78 is 0. The predicted octanol–water partition coefficient (Wildman–Crippen LogP) is 2.95. The van der Waals surface area contributed by atoms with E-state index in [1.54, 1.807) is 18.2 Å². The average molecular weight is 317 g/mol. The summed E-state index contributed by atoms with van der Waals surface area (Å²) in [4.78, 5) is 21.8. The van der Waals surface area contributed by atoms with Crippen molar-refractivity contribution in [3.8, 4) is 0 Å². The van der Waals surface area contributed by atoms with Crippen LogP contribution in [-0.2, 0) is 9.59 Å². The highest BCUT2D eigenvalue weighted by Crippen LogP contribution is 2.29. The summed E-state index contributed by atoms with van der Waals surface area (Å²) in [5, 5.41) is 5.93. The molecule has 4 nitrogen and oxygen atoms in total. The summed E-state index contributed by atoms with van der Waals surface area (Å²) in [7, 11) is 0. The summed E-state index contributed by atoms with van der Waals surface area (Å²) in [6, 6.07) is 4.96. The van der Waals surface area contributed by atoms with Gasteiger partial charge in [0.05, 0.1) is 15.7 Å². The van der Waals surface area contributed by atoms with Gasteiger partial charge in [0.15, 0.2) is 5.11 Å². The number of nitrogens with one attached hydrogen (secondary N) is 2. The Balaban J connectivity index is 2.74. The fourth-order valence-electron chi connectivity index (χ4n) is 1.14. The van der Waals surface area contributed by atoms with Crippen molar-refractivity contribution >= 4 is 58.4 Å². The van der Waals surface area contributed by atoms with Crippen LogP contribution in [-0.4, -0.2) is 17.3 Å². The highest BCUT2D eigenvalue weighted by molar-refractivity contribution is 7.80. The second-order valence-electron chi connectivity index (χ2n) is 3.49. The second kappa shape index (κ2) is 7.23. The zero-order chi connectivity index (χ0) is 14.4. The highest BCUT2D eigenvalue weighted by Gasteiger charge is 2.10. The van der Waals surface area contributed by atoms with Gasteiger partial charge in [0.2, 0.25) is 0 Å². The number of rotatable bonds is 3. The van der Waals surface area contributed by atoms with Crippen molar-refractivity contribution in [2.75, 3.05) is 5.32 Å². The zero-order valence-electron chi connectivity index (χ0n) is 9.87. The lowest BCUT2D eigenvalue weighted by molar-refractivity contribution is -0.116. The molecule has 0 aliphatic heterocycles. The van der Waals surface area contributed by atoms with Crippen molar-refractivity contribution in [3.05, 3.63) is 39.9 Å². The molecule has 0 spiro atoms. The summed E-state index contributed by atoms with van der Waals surface area (Å²) >= 11 is 16.8. The Kier molecular flexibility index (Phi) is 5.95. The standard InChI is InChI=1S/C12H10Cl2N2O2S/c1-7(5-6-17)11(18)16-12(19)15-10-8(13)3-2-4-9(10)14/h2-6H,1H3,(H2,15,16,18,19)/b7-5+. The van der Waals surface area contributed by atoms with E-state index in [1.807, 2.05) is 0 Å². The molecule has 1 aromatic rings. The van der Waals surface area contributed by atoms with E-state index in [0.29, 0.717) is 22.0 Å². The van der Waals surface area contributed by atoms with Crippen molar-refractivity contribution in [3.63, 3.8) is 0 Å². The van der Waals surface area contributed by atoms with Crippen LogP contribution in [0.1, 0.15) is 6.92 Å². The summed E-state index contributed by atoms with van der Waals surface area (Å²) in [5.74, 6) is -0.479. The van der Waals surface area contributed by atoms with Crippen molar-refractivity contribution in [2.45, 2.75) is 6.92 Å². The number of benzene rings is 1. The van der Waals surface area contributed by atoms with Gasteiger partial charge in [0.25, 0.3) is 5.91 Å². The first kappa shape index (κ1) is 15.6. The smallest absolute Gasteiger partial charge is 0.253 e. The van der Waals surface area contributed by atoms with Crippen molar-refractivity contribution in [2.24, 2.45) is 0 Å². The molecule has 0 fully saturated rings. The minimum atomic E-state index is -0.479. The third-order valence-electron chi connectivity index (χ3n) is 2.10. The van der Waals surface area contributed by atoms with E-state index >= 15 is 0 Å². The molecule has 19 heavy (non-hydrogen) atoms. The van der Waals surface area contributed by atoms with Crippen LogP contribution in [0.2, 0.25) is 10.0 Å². The van der Waals surface area contributed by atoms with Gasteiger partial charge in [-0.1, -0.05) is 29.3 Å². The van der Waals surface area contributed by atoms with Gasteiger partial charge < -0.3 is 5.32 Å². The second-order valence-corrected chi connectivity index (χ2v) is 4.71. The quantitative estimate of drug-likeness (QED) is 0.511. The number of allylic oxidation sites excluding steroid dienone is 1. The van der Waals surface area contributed by atoms with E-state index in [0.717, 1.165) is 6.08 Å². The number of para-hydroxylation sites is 1. The molecule has 1 amide bonds. The first-order chi connectivity index (χ1) is 8.95. The lowest BCUT2D eigenvalue weighted by Gasteiger charge is -2.12. The fraction of sp³-hybridized carbons (Fsp3) is 0.0833. The number of carbonyl (C=O) groups is 2. The number of carbonyl (C=O) groups excluding carboxylic acids is 2. The maximum atomic E-state index is 11.6. The molecule has 0 heterocycles. The molecular formula is C12H10Cl2N2O2S. The molecule has 7 heteroatoms. The van der Waals surface area contributed by atoms with Gasteiger partial charge in [0.1, 0.15) is 6.29 Å². The minimum Gasteiger partial charge on any atom is -0.330 e. The minimum absolute atomic E-state index is 0.0404. The molecule has 1 aromatic carbocycles. The number of halogens is 2. The van der Waals surface area contributed by atoms with Gasteiger partial charge in [-0.2, -0.15) is 0 Å². The predicted molar refractivity (Wildman–Crippen MR) is 80.6 cm³/mol. The van der Waals surface area contributed by atoms with Crippen LogP contribution in [0.25, 0.3) is 0 Å². The Morgan fingerprint density at radius 1 is 1.32 bits per heavy atom. The molecule has 0 unspecified atom stereocenters. The van der Waals surface area contributed by atoms with Crippen LogP contribution in [0.4, 0.5) is 5.69 Å². The van der Waals surface area contributed by atoms with E-state index in [1.165, 1.54) is 6.92 Å². The SMILES string of the molecule is C/C(=C\C=O)C(=O)NC(=S)Nc1c(Cl)cccc1Cl. The number of hydrogen-bond acceptors (Lipinski definition) is 3. The number of aldehydes is 1. The van der Waals surface area contributed by atoms with Crippen LogP contribution in [0, 0.1) is 0 Å². The Morgan fingerprint density at radius 3 is 2.42 bits per heavy atom. The topological polar surface area (TPSA) is 58.2 Å². The normalized spacial score (nSPS) is 10.8. The first-order valence-corrected chi connectivity index (χ1v) is 6.30. The van der Waals surface area contributed by atoms with Gasteiger partial charge in [0, 0.05) is 5.57 Å². The van der Waals surface area contributed by atoms with Crippen LogP contribution >= 0.6 is 35.4 Å². The maximum Gasteiger partial charge on any atom is 0.253 e. The molecule has 0 atom stereocenters. The lowest BCUT2D eigenvalue weighted by Crippen LogP contribution is -2.34. The number of thiocarbonyl (C=S) groups is 1. The summed E-state index contributed by atoms with van der Waals surface area (Å²) in [6.07, 6.45) is 1.66. The van der Waals surface area contributed by atoms with Gasteiger partial charge in [-0.3, -0.25) is 14.9 Å². The summed E-state index contributed by atoms with van der Waals surface area (Å²) in [5.41, 5.74) is 0.651. The monoisotopic (exact) mass is 316 g/mol. The lowest BCUT2D eigenvalue weighted by atomic mass is 10.3. The zero-order valence-corrected chi connectivity index (χ0v) is 12.2. The third-order valence-corrected chi connectivity index (χ3v) is 2.94. The molecule has 0 aromatic heterocycles. The average Bonchev–Trinajstić information content (AvgIpc) is 2.34. The van der Waals surface area contributed by atoms with Crippen LogP contribution in [0.15, 0.2) is 29.8 Å². The van der Waals surface area contributed by atoms with Crippen LogP contribution in [0.3, 0.4) is 0 Å². The molecule has 0 saturated heterocycles. The largest absolute Gasteiger partial charge is 0.330 e. The summed E-state index contributed by atoms with van der Waals surface area (Å²) in [6.45, 7) is 1.49. The Hall–Kier alpha value is -1.43. The molecule has 1 rings (SSSR count). The maximum absolute atomic E-state index is 11.6. The van der Waals surface area contributed by atoms with Gasteiger partial charge >= 0.3 is 0 Å². The van der Waals surface area contributed by atoms with E-state index in [4.69, 9.17) is 35.4 Å². The molecule has 0 aliphatic carbocycles. The Bertz CT molecular complexity index is 538. The van der Waals surface area contributed by atoms with Crippen LogP contribution in [0.5, 0.6) is 0 Å². The third kappa shape index (κ3) is 4.63. The molecule has 2 N–H and O–H groups in total. The number of amides is 1. The van der Waals surface area contributed by atoms with E-state index in [-0.39, 0.29) is 10.7 Å². The van der Waals surface area contributed by atoms with E-state index in [9.17, 15) is 9.59 Å². The van der Waals surface area contributed by atoms with Crippen molar-refractivity contribution in [1.29, 1.82) is 0 Å². The molecular weight excluding hydrogens is 307 g/mol. The van der Waals surface area contributed by atoms with Gasteiger partial charge in [-0.15, -0.1) is 0 Å². The van der Waals surface area contributed by atoms with Crippen LogP contribution < -0.4 is 10.6 Å². The Labute approximate surface area is 125 Å². The van der Waals surface area contributed by atoms with Crippen molar-refractivity contribution in [1.82, 2.24) is 5.32 Å².